The summed E-state index contributed by atoms with van der Waals surface area (Å²) in [5.41, 5.74) is 0.632. The lowest BCUT2D eigenvalue weighted by Gasteiger charge is -2.06. The zero-order chi connectivity index (χ0) is 14.1. The number of thioether (sulfide) groups is 1. The summed E-state index contributed by atoms with van der Waals surface area (Å²) < 4.78 is 0.963. The molecule has 1 rings (SSSR count). The molecule has 1 aromatic rings. The fourth-order valence-electron chi connectivity index (χ4n) is 1.67. The number of amides is 1. The molecular weight excluding hydrogens is 393 g/mol. The molecule has 1 N–H and O–H groups in total. The highest BCUT2D eigenvalue weighted by atomic mass is 127. The molecule has 0 bridgehead atoms. The Hall–Kier alpha value is 0.0600. The van der Waals surface area contributed by atoms with Crippen molar-refractivity contribution in [2.45, 2.75) is 25.7 Å². The first-order valence-corrected chi connectivity index (χ1v) is 9.22. The Morgan fingerprint density at radius 2 is 2.05 bits per heavy atom. The van der Waals surface area contributed by atoms with Gasteiger partial charge in [0.15, 0.2) is 0 Å². The van der Waals surface area contributed by atoms with Gasteiger partial charge in [0, 0.05) is 15.7 Å². The van der Waals surface area contributed by atoms with Gasteiger partial charge in [-0.2, -0.15) is 11.8 Å². The van der Waals surface area contributed by atoms with Gasteiger partial charge in [0.2, 0.25) is 0 Å². The lowest BCUT2D eigenvalue weighted by atomic mass is 10.2. The van der Waals surface area contributed by atoms with E-state index in [2.05, 4.69) is 34.2 Å². The molecule has 0 aliphatic carbocycles. The van der Waals surface area contributed by atoms with Gasteiger partial charge in [-0.3, -0.25) is 4.79 Å². The standard InChI is InChI=1S/C14H19ClINOS/c1-19-9-5-3-2-4-8-17-14(18)11-6-7-13(16)12(15)10-11/h6-7,10H,2-5,8-9H2,1H3,(H,17,18). The van der Waals surface area contributed by atoms with E-state index in [0.29, 0.717) is 10.6 Å². The van der Waals surface area contributed by atoms with Gasteiger partial charge >= 0.3 is 0 Å². The zero-order valence-corrected chi connectivity index (χ0v) is 14.8. The molecule has 1 aromatic carbocycles. The van der Waals surface area contributed by atoms with Crippen molar-refractivity contribution in [2.75, 3.05) is 18.6 Å². The van der Waals surface area contributed by atoms with Crippen LogP contribution in [-0.4, -0.2) is 24.5 Å². The molecule has 106 valence electrons. The maximum atomic E-state index is 11.9. The second kappa shape index (κ2) is 9.88. The van der Waals surface area contributed by atoms with Crippen LogP contribution in [0.15, 0.2) is 18.2 Å². The molecule has 0 saturated carbocycles. The van der Waals surface area contributed by atoms with Crippen molar-refractivity contribution in [3.8, 4) is 0 Å². The third-order valence-electron chi connectivity index (χ3n) is 2.74. The Morgan fingerprint density at radius 1 is 1.32 bits per heavy atom. The molecule has 0 unspecified atom stereocenters. The number of carbonyl (C=O) groups is 1. The topological polar surface area (TPSA) is 29.1 Å². The molecule has 0 radical (unpaired) electrons. The van der Waals surface area contributed by atoms with E-state index in [1.807, 2.05) is 23.9 Å². The third-order valence-corrected chi connectivity index (χ3v) is 5.01. The maximum absolute atomic E-state index is 11.9. The van der Waals surface area contributed by atoms with Gasteiger partial charge in [0.05, 0.1) is 5.02 Å². The molecule has 0 saturated heterocycles. The molecule has 0 aliphatic rings. The van der Waals surface area contributed by atoms with Crippen molar-refractivity contribution >= 4 is 51.9 Å². The van der Waals surface area contributed by atoms with Gasteiger partial charge < -0.3 is 5.32 Å². The van der Waals surface area contributed by atoms with Crippen LogP contribution in [0, 0.1) is 3.57 Å². The maximum Gasteiger partial charge on any atom is 0.251 e. The fourth-order valence-corrected chi connectivity index (χ4v) is 2.68. The highest BCUT2D eigenvalue weighted by molar-refractivity contribution is 14.1. The second-order valence-corrected chi connectivity index (χ2v) is 6.85. The van der Waals surface area contributed by atoms with Crippen molar-refractivity contribution in [1.29, 1.82) is 0 Å². The number of hydrogen-bond donors (Lipinski definition) is 1. The predicted octanol–water partition coefficient (Wildman–Crippen LogP) is 4.60. The minimum absolute atomic E-state index is 0.0394. The summed E-state index contributed by atoms with van der Waals surface area (Å²) in [7, 11) is 0. The Labute approximate surface area is 138 Å². The number of carbonyl (C=O) groups excluding carboxylic acids is 1. The van der Waals surface area contributed by atoms with Gasteiger partial charge in [0.1, 0.15) is 0 Å². The SMILES string of the molecule is CSCCCCCCNC(=O)c1ccc(I)c(Cl)c1. The van der Waals surface area contributed by atoms with Crippen LogP contribution in [0.4, 0.5) is 0 Å². The molecule has 1 amide bonds. The first-order valence-electron chi connectivity index (χ1n) is 6.37. The molecule has 0 aliphatic heterocycles. The van der Waals surface area contributed by atoms with Crippen LogP contribution in [0.3, 0.4) is 0 Å². The predicted molar refractivity (Wildman–Crippen MR) is 93.4 cm³/mol. The fraction of sp³-hybridized carbons (Fsp3) is 0.500. The van der Waals surface area contributed by atoms with Crippen LogP contribution >= 0.6 is 46.0 Å². The molecule has 0 spiro atoms. The minimum Gasteiger partial charge on any atom is -0.352 e. The van der Waals surface area contributed by atoms with Gasteiger partial charge in [-0.05, 0) is 65.6 Å². The van der Waals surface area contributed by atoms with Crippen LogP contribution in [0.2, 0.25) is 5.02 Å². The number of unbranched alkanes of at least 4 members (excludes halogenated alkanes) is 3. The van der Waals surface area contributed by atoms with E-state index in [0.717, 1.165) is 16.5 Å². The number of benzene rings is 1. The van der Waals surface area contributed by atoms with Crippen LogP contribution < -0.4 is 5.32 Å². The molecule has 2 nitrogen and oxygen atoms in total. The van der Waals surface area contributed by atoms with E-state index < -0.39 is 0 Å². The number of halogens is 2. The second-order valence-electron chi connectivity index (χ2n) is 4.29. The molecule has 19 heavy (non-hydrogen) atoms. The summed E-state index contributed by atoms with van der Waals surface area (Å²) in [6, 6.07) is 5.39. The largest absolute Gasteiger partial charge is 0.352 e. The minimum atomic E-state index is -0.0394. The van der Waals surface area contributed by atoms with Crippen molar-refractivity contribution in [3.63, 3.8) is 0 Å². The van der Waals surface area contributed by atoms with Crippen molar-refractivity contribution in [2.24, 2.45) is 0 Å². The van der Waals surface area contributed by atoms with Gasteiger partial charge in [0.25, 0.3) is 5.91 Å². The Morgan fingerprint density at radius 3 is 2.74 bits per heavy atom. The van der Waals surface area contributed by atoms with E-state index in [1.165, 1.54) is 25.0 Å². The molecule has 5 heteroatoms. The van der Waals surface area contributed by atoms with Crippen LogP contribution in [0.5, 0.6) is 0 Å². The van der Waals surface area contributed by atoms with Crippen LogP contribution in [-0.2, 0) is 0 Å². The molecule has 0 atom stereocenters. The quantitative estimate of drug-likeness (QED) is 0.500. The van der Waals surface area contributed by atoms with Crippen LogP contribution in [0.25, 0.3) is 0 Å². The molecular formula is C14H19ClINOS. The van der Waals surface area contributed by atoms with Gasteiger partial charge in [-0.15, -0.1) is 0 Å². The number of rotatable bonds is 8. The number of nitrogens with one attached hydrogen (secondary N) is 1. The average Bonchev–Trinajstić information content (AvgIpc) is 2.40. The Kier molecular flexibility index (Phi) is 8.90. The summed E-state index contributed by atoms with van der Waals surface area (Å²) in [6.45, 7) is 0.738. The Balaban J connectivity index is 2.22. The lowest BCUT2D eigenvalue weighted by Crippen LogP contribution is -2.24. The van der Waals surface area contributed by atoms with E-state index in [9.17, 15) is 4.79 Å². The highest BCUT2D eigenvalue weighted by Gasteiger charge is 2.06. The molecule has 0 heterocycles. The third kappa shape index (κ3) is 6.86. The molecule has 0 fully saturated rings. The lowest BCUT2D eigenvalue weighted by molar-refractivity contribution is 0.0953. The average molecular weight is 412 g/mol. The summed E-state index contributed by atoms with van der Waals surface area (Å²) in [6.07, 6.45) is 6.85. The van der Waals surface area contributed by atoms with E-state index in [-0.39, 0.29) is 5.91 Å². The molecule has 0 aromatic heterocycles. The smallest absolute Gasteiger partial charge is 0.251 e. The van der Waals surface area contributed by atoms with Gasteiger partial charge in [-0.25, -0.2) is 0 Å². The summed E-state index contributed by atoms with van der Waals surface area (Å²) in [5.74, 6) is 1.19. The van der Waals surface area contributed by atoms with Crippen molar-refractivity contribution in [1.82, 2.24) is 5.32 Å². The van der Waals surface area contributed by atoms with Crippen molar-refractivity contribution < 1.29 is 4.79 Å². The Bertz CT molecular complexity index is 414. The summed E-state index contributed by atoms with van der Waals surface area (Å²) in [4.78, 5) is 11.9. The summed E-state index contributed by atoms with van der Waals surface area (Å²) in [5, 5.41) is 3.56. The van der Waals surface area contributed by atoms with E-state index >= 15 is 0 Å². The van der Waals surface area contributed by atoms with Crippen molar-refractivity contribution in [3.05, 3.63) is 32.4 Å². The number of hydrogen-bond acceptors (Lipinski definition) is 2. The highest BCUT2D eigenvalue weighted by Crippen LogP contribution is 2.19. The van der Waals surface area contributed by atoms with Crippen LogP contribution in [0.1, 0.15) is 36.0 Å². The van der Waals surface area contributed by atoms with E-state index in [1.54, 1.807) is 6.07 Å². The first kappa shape index (κ1) is 17.1. The zero-order valence-electron chi connectivity index (χ0n) is 11.0. The monoisotopic (exact) mass is 411 g/mol. The summed E-state index contributed by atoms with van der Waals surface area (Å²) >= 11 is 10.0. The van der Waals surface area contributed by atoms with Gasteiger partial charge in [-0.1, -0.05) is 24.4 Å². The first-order chi connectivity index (χ1) is 9.15. The normalized spacial score (nSPS) is 10.5. The van der Waals surface area contributed by atoms with E-state index in [4.69, 9.17) is 11.6 Å².